The molecule has 29 heavy (non-hydrogen) atoms. The molecule has 0 aromatic heterocycles. The van der Waals surface area contributed by atoms with E-state index in [1.54, 1.807) is 42.5 Å². The molecule has 1 aliphatic heterocycles. The van der Waals surface area contributed by atoms with E-state index in [0.717, 1.165) is 0 Å². The van der Waals surface area contributed by atoms with E-state index in [-0.39, 0.29) is 23.6 Å². The first-order chi connectivity index (χ1) is 14.0. The van der Waals surface area contributed by atoms with Gasteiger partial charge in [-0.3, -0.25) is 9.59 Å². The summed E-state index contributed by atoms with van der Waals surface area (Å²) in [5.41, 5.74) is 0.968. The number of benzene rings is 2. The Morgan fingerprint density at radius 1 is 1.03 bits per heavy atom. The molecule has 148 valence electrons. The van der Waals surface area contributed by atoms with Gasteiger partial charge in [-0.25, -0.2) is 0 Å². The highest BCUT2D eigenvalue weighted by molar-refractivity contribution is 6.46. The number of rotatable bonds is 7. The lowest BCUT2D eigenvalue weighted by Crippen LogP contribution is -2.29. The molecule has 2 aromatic carbocycles. The third-order valence-electron chi connectivity index (χ3n) is 4.57. The third kappa shape index (κ3) is 3.91. The van der Waals surface area contributed by atoms with Gasteiger partial charge in [-0.2, -0.15) is 0 Å². The van der Waals surface area contributed by atoms with Gasteiger partial charge in [0, 0.05) is 12.1 Å². The molecule has 6 heteroatoms. The highest BCUT2D eigenvalue weighted by Crippen LogP contribution is 2.39. The fourth-order valence-electron chi connectivity index (χ4n) is 3.23. The smallest absolute Gasteiger partial charge is 0.295 e. The molecule has 1 heterocycles. The Kier molecular flexibility index (Phi) is 5.83. The Balaban J connectivity index is 2.08. The van der Waals surface area contributed by atoms with Crippen molar-refractivity contribution in [1.29, 1.82) is 0 Å². The molecule has 0 aliphatic carbocycles. The zero-order valence-corrected chi connectivity index (χ0v) is 15.7. The molecule has 2 aromatic rings. The molecule has 0 bridgehead atoms. The van der Waals surface area contributed by atoms with E-state index >= 15 is 0 Å². The number of phenols is 1. The van der Waals surface area contributed by atoms with Crippen LogP contribution in [0.1, 0.15) is 17.2 Å². The van der Waals surface area contributed by atoms with Gasteiger partial charge in [0.15, 0.2) is 0 Å². The van der Waals surface area contributed by atoms with Crippen molar-refractivity contribution < 1.29 is 24.5 Å². The van der Waals surface area contributed by atoms with Gasteiger partial charge in [0.2, 0.25) is 0 Å². The van der Waals surface area contributed by atoms with Crippen LogP contribution in [0.5, 0.6) is 11.5 Å². The standard InChI is InChI=1S/C23H21NO5/c1-3-13-24-20(15-5-9-17(25)10-6-15)19(22(27)23(24)28)21(26)16-7-11-18(12-8-16)29-14-4-2/h3-12,20,25-26H,1-2,13-14H2/b21-19+. The maximum absolute atomic E-state index is 12.7. The van der Waals surface area contributed by atoms with Crippen molar-refractivity contribution in [2.45, 2.75) is 6.04 Å². The number of hydrogen-bond acceptors (Lipinski definition) is 5. The summed E-state index contributed by atoms with van der Waals surface area (Å²) in [5, 5.41) is 20.5. The van der Waals surface area contributed by atoms with Crippen LogP contribution in [0.25, 0.3) is 5.76 Å². The number of carbonyl (C=O) groups is 2. The minimum Gasteiger partial charge on any atom is -0.508 e. The van der Waals surface area contributed by atoms with Gasteiger partial charge in [0.1, 0.15) is 23.9 Å². The largest absolute Gasteiger partial charge is 0.508 e. The summed E-state index contributed by atoms with van der Waals surface area (Å²) in [6.07, 6.45) is 3.14. The van der Waals surface area contributed by atoms with Crippen LogP contribution in [0.2, 0.25) is 0 Å². The average molecular weight is 391 g/mol. The number of likely N-dealkylation sites (tertiary alicyclic amines) is 1. The second kappa shape index (κ2) is 8.48. The molecular formula is C23H21NO5. The quantitative estimate of drug-likeness (QED) is 0.326. The predicted molar refractivity (Wildman–Crippen MR) is 109 cm³/mol. The van der Waals surface area contributed by atoms with Crippen molar-refractivity contribution in [2.24, 2.45) is 0 Å². The number of hydrogen-bond donors (Lipinski definition) is 2. The monoisotopic (exact) mass is 391 g/mol. The lowest BCUT2D eigenvalue weighted by atomic mass is 9.95. The molecule has 2 N–H and O–H groups in total. The number of phenolic OH excluding ortho intramolecular Hbond substituents is 1. The van der Waals surface area contributed by atoms with E-state index in [9.17, 15) is 19.8 Å². The lowest BCUT2D eigenvalue weighted by Gasteiger charge is -2.24. The fourth-order valence-corrected chi connectivity index (χ4v) is 3.23. The van der Waals surface area contributed by atoms with E-state index in [4.69, 9.17) is 4.74 Å². The first-order valence-electron chi connectivity index (χ1n) is 9.00. The number of carbonyl (C=O) groups excluding carboxylic acids is 2. The highest BCUT2D eigenvalue weighted by Gasteiger charge is 2.45. The van der Waals surface area contributed by atoms with Crippen LogP contribution in [-0.4, -0.2) is 40.0 Å². The number of nitrogens with zero attached hydrogens (tertiary/aromatic N) is 1. The lowest BCUT2D eigenvalue weighted by molar-refractivity contribution is -0.139. The zero-order valence-electron chi connectivity index (χ0n) is 15.7. The third-order valence-corrected chi connectivity index (χ3v) is 4.57. The summed E-state index contributed by atoms with van der Waals surface area (Å²) in [4.78, 5) is 26.6. The summed E-state index contributed by atoms with van der Waals surface area (Å²) >= 11 is 0. The van der Waals surface area contributed by atoms with E-state index in [0.29, 0.717) is 23.5 Å². The summed E-state index contributed by atoms with van der Waals surface area (Å²) in [7, 11) is 0. The van der Waals surface area contributed by atoms with Crippen LogP contribution in [0, 0.1) is 0 Å². The van der Waals surface area contributed by atoms with Gasteiger partial charge in [-0.05, 0) is 42.0 Å². The second-order valence-electron chi connectivity index (χ2n) is 6.46. The molecule has 1 fully saturated rings. The average Bonchev–Trinajstić information content (AvgIpc) is 2.98. The molecule has 0 spiro atoms. The number of aliphatic hydroxyl groups excluding tert-OH is 1. The summed E-state index contributed by atoms with van der Waals surface area (Å²) in [6, 6.07) is 11.9. The van der Waals surface area contributed by atoms with Crippen LogP contribution in [0.15, 0.2) is 79.4 Å². The van der Waals surface area contributed by atoms with Gasteiger partial charge < -0.3 is 19.8 Å². The molecular weight excluding hydrogens is 370 g/mol. The van der Waals surface area contributed by atoms with E-state index in [2.05, 4.69) is 13.2 Å². The maximum Gasteiger partial charge on any atom is 0.295 e. The van der Waals surface area contributed by atoms with Gasteiger partial charge in [-0.1, -0.05) is 30.9 Å². The Hall–Kier alpha value is -3.80. The molecule has 1 unspecified atom stereocenters. The number of amides is 1. The SMILES string of the molecule is C=CCOc1ccc(/C(O)=C2\C(=O)C(=O)N(CC=C)C2c2ccc(O)cc2)cc1. The number of aromatic hydroxyl groups is 1. The Morgan fingerprint density at radius 2 is 1.69 bits per heavy atom. The molecule has 3 rings (SSSR count). The number of ether oxygens (including phenoxy) is 1. The number of ketones is 1. The van der Waals surface area contributed by atoms with Crippen LogP contribution in [-0.2, 0) is 9.59 Å². The summed E-state index contributed by atoms with van der Waals surface area (Å²) in [6.45, 7) is 7.71. The van der Waals surface area contributed by atoms with Crippen molar-refractivity contribution in [3.8, 4) is 11.5 Å². The Morgan fingerprint density at radius 3 is 2.28 bits per heavy atom. The first-order valence-corrected chi connectivity index (χ1v) is 9.00. The summed E-state index contributed by atoms with van der Waals surface area (Å²) < 4.78 is 5.42. The van der Waals surface area contributed by atoms with Crippen LogP contribution >= 0.6 is 0 Å². The minimum absolute atomic E-state index is 0.0118. The van der Waals surface area contributed by atoms with Crippen molar-refractivity contribution >= 4 is 17.4 Å². The van der Waals surface area contributed by atoms with Crippen LogP contribution < -0.4 is 4.74 Å². The molecule has 0 radical (unpaired) electrons. The van der Waals surface area contributed by atoms with E-state index in [1.165, 1.54) is 23.1 Å². The number of aliphatic hydroxyl groups is 1. The van der Waals surface area contributed by atoms with Crippen molar-refractivity contribution in [3.63, 3.8) is 0 Å². The number of Topliss-reactive ketones (excluding diaryl/α,β-unsaturated/α-hetero) is 1. The molecule has 1 saturated heterocycles. The van der Waals surface area contributed by atoms with Crippen LogP contribution in [0.4, 0.5) is 0 Å². The predicted octanol–water partition coefficient (Wildman–Crippen LogP) is 3.56. The summed E-state index contributed by atoms with van der Waals surface area (Å²) in [5.74, 6) is -1.11. The van der Waals surface area contributed by atoms with Crippen molar-refractivity contribution in [3.05, 3.63) is 90.5 Å². The van der Waals surface area contributed by atoms with Gasteiger partial charge in [-0.15, -0.1) is 6.58 Å². The van der Waals surface area contributed by atoms with Crippen molar-refractivity contribution in [1.82, 2.24) is 4.90 Å². The Bertz CT molecular complexity index is 973. The molecule has 1 amide bonds. The van der Waals surface area contributed by atoms with Crippen molar-refractivity contribution in [2.75, 3.05) is 13.2 Å². The second-order valence-corrected chi connectivity index (χ2v) is 6.46. The molecule has 1 aliphatic rings. The zero-order chi connectivity index (χ0) is 21.0. The molecule has 0 saturated carbocycles. The van der Waals surface area contributed by atoms with Gasteiger partial charge in [0.25, 0.3) is 11.7 Å². The molecule has 1 atom stereocenters. The van der Waals surface area contributed by atoms with E-state index < -0.39 is 17.7 Å². The van der Waals surface area contributed by atoms with Gasteiger partial charge >= 0.3 is 0 Å². The van der Waals surface area contributed by atoms with Gasteiger partial charge in [0.05, 0.1) is 11.6 Å². The topological polar surface area (TPSA) is 87.1 Å². The highest BCUT2D eigenvalue weighted by atomic mass is 16.5. The van der Waals surface area contributed by atoms with E-state index in [1.807, 2.05) is 0 Å². The first kappa shape index (κ1) is 19.9. The maximum atomic E-state index is 12.7. The fraction of sp³-hybridized carbons (Fsp3) is 0.130. The normalized spacial score (nSPS) is 17.9. The van der Waals surface area contributed by atoms with Crippen LogP contribution in [0.3, 0.4) is 0 Å². The Labute approximate surface area is 168 Å². The minimum atomic E-state index is -0.787. The molecule has 6 nitrogen and oxygen atoms in total.